The molecular weight excluding hydrogens is 428 g/mol. The SMILES string of the molecule is C/C=C/CCc1ccc(C/C=C/Cc2ccc(OC(=O)c3ccc(CC/C=C/C)cc3)cc2)cc1. The van der Waals surface area contributed by atoms with E-state index in [1.54, 1.807) is 0 Å². The lowest BCUT2D eigenvalue weighted by atomic mass is 10.0. The number of esters is 1. The molecule has 0 unspecified atom stereocenters. The van der Waals surface area contributed by atoms with Crippen molar-refractivity contribution in [2.75, 3.05) is 0 Å². The Morgan fingerprint density at radius 1 is 0.600 bits per heavy atom. The van der Waals surface area contributed by atoms with Gasteiger partial charge in [0.1, 0.15) is 5.75 Å². The minimum absolute atomic E-state index is 0.328. The Morgan fingerprint density at radius 3 is 1.51 bits per heavy atom. The molecule has 0 radical (unpaired) electrons. The summed E-state index contributed by atoms with van der Waals surface area (Å²) in [4.78, 5) is 12.5. The van der Waals surface area contributed by atoms with E-state index in [9.17, 15) is 4.79 Å². The smallest absolute Gasteiger partial charge is 0.343 e. The third-order valence-corrected chi connectivity index (χ3v) is 5.89. The number of hydrogen-bond donors (Lipinski definition) is 0. The molecule has 2 heteroatoms. The summed E-state index contributed by atoms with van der Waals surface area (Å²) in [6.07, 6.45) is 18.9. The van der Waals surface area contributed by atoms with E-state index in [0.29, 0.717) is 11.3 Å². The maximum Gasteiger partial charge on any atom is 0.343 e. The average Bonchev–Trinajstić information content (AvgIpc) is 2.89. The molecule has 0 heterocycles. The summed E-state index contributed by atoms with van der Waals surface area (Å²) in [7, 11) is 0. The van der Waals surface area contributed by atoms with Crippen molar-refractivity contribution in [3.8, 4) is 5.75 Å². The van der Waals surface area contributed by atoms with Gasteiger partial charge in [-0.2, -0.15) is 0 Å². The predicted octanol–water partition coefficient (Wildman–Crippen LogP) is 8.26. The van der Waals surface area contributed by atoms with E-state index < -0.39 is 0 Å². The van der Waals surface area contributed by atoms with Crippen LogP contribution in [0.15, 0.2) is 109 Å². The van der Waals surface area contributed by atoms with Crippen molar-refractivity contribution in [3.05, 3.63) is 137 Å². The first-order valence-corrected chi connectivity index (χ1v) is 12.5. The van der Waals surface area contributed by atoms with Crippen LogP contribution in [-0.2, 0) is 25.7 Å². The van der Waals surface area contributed by atoms with E-state index in [1.165, 1.54) is 22.3 Å². The molecule has 2 nitrogen and oxygen atoms in total. The lowest BCUT2D eigenvalue weighted by Gasteiger charge is -2.06. The van der Waals surface area contributed by atoms with Gasteiger partial charge in [0.15, 0.2) is 0 Å². The molecule has 0 fully saturated rings. The van der Waals surface area contributed by atoms with Crippen molar-refractivity contribution >= 4 is 5.97 Å². The highest BCUT2D eigenvalue weighted by Gasteiger charge is 2.08. The van der Waals surface area contributed by atoms with Crippen LogP contribution in [0.5, 0.6) is 5.75 Å². The minimum Gasteiger partial charge on any atom is -0.423 e. The summed E-state index contributed by atoms with van der Waals surface area (Å²) in [5.41, 5.74) is 5.68. The first-order chi connectivity index (χ1) is 17.2. The zero-order valence-corrected chi connectivity index (χ0v) is 21.0. The predicted molar refractivity (Wildman–Crippen MR) is 147 cm³/mol. The minimum atomic E-state index is -0.328. The lowest BCUT2D eigenvalue weighted by molar-refractivity contribution is 0.0734. The molecule has 0 spiro atoms. The number of carbonyl (C=O) groups is 1. The Labute approximate surface area is 210 Å². The summed E-state index contributed by atoms with van der Waals surface area (Å²) in [5.74, 6) is 0.236. The average molecular weight is 465 g/mol. The molecule has 0 aliphatic carbocycles. The van der Waals surface area contributed by atoms with Crippen LogP contribution in [0.4, 0.5) is 0 Å². The van der Waals surface area contributed by atoms with Crippen LogP contribution in [0.1, 0.15) is 59.3 Å². The molecule has 0 saturated heterocycles. The van der Waals surface area contributed by atoms with Gasteiger partial charge in [0.25, 0.3) is 0 Å². The highest BCUT2D eigenvalue weighted by Crippen LogP contribution is 2.16. The van der Waals surface area contributed by atoms with Crippen molar-refractivity contribution in [2.24, 2.45) is 0 Å². The highest BCUT2D eigenvalue weighted by molar-refractivity contribution is 5.91. The number of hydrogen-bond acceptors (Lipinski definition) is 2. The van der Waals surface area contributed by atoms with Crippen molar-refractivity contribution < 1.29 is 9.53 Å². The van der Waals surface area contributed by atoms with Gasteiger partial charge in [-0.15, -0.1) is 0 Å². The Bertz CT molecular complexity index is 1120. The fourth-order valence-corrected chi connectivity index (χ4v) is 3.78. The fraction of sp³-hybridized carbons (Fsp3) is 0.242. The lowest BCUT2D eigenvalue weighted by Crippen LogP contribution is -2.08. The Kier molecular flexibility index (Phi) is 10.8. The van der Waals surface area contributed by atoms with Crippen LogP contribution in [0, 0.1) is 0 Å². The standard InChI is InChI=1S/C33H36O2/c1-3-5-7-11-27-15-17-28(18-16-27)13-9-10-14-30-21-25-32(26-22-30)35-33(34)31-23-19-29(20-24-31)12-8-6-4-2/h3-6,9-10,15-26H,7-8,11-14H2,1-2H3/b5-3+,6-4+,10-9+. The van der Waals surface area contributed by atoms with Gasteiger partial charge in [0.2, 0.25) is 0 Å². The molecule has 0 atom stereocenters. The van der Waals surface area contributed by atoms with Crippen LogP contribution in [0.3, 0.4) is 0 Å². The second-order valence-corrected chi connectivity index (χ2v) is 8.64. The molecular formula is C33H36O2. The van der Waals surface area contributed by atoms with Gasteiger partial charge >= 0.3 is 5.97 Å². The number of allylic oxidation sites excluding steroid dienone is 6. The number of rotatable bonds is 12. The third kappa shape index (κ3) is 9.25. The molecule has 3 rings (SSSR count). The molecule has 0 amide bonds. The second kappa shape index (κ2) is 14.6. The number of aryl methyl sites for hydroxylation is 2. The molecule has 0 aliphatic rings. The van der Waals surface area contributed by atoms with Gasteiger partial charge in [0.05, 0.1) is 5.56 Å². The molecule has 0 bridgehead atoms. The molecule has 3 aromatic rings. The van der Waals surface area contributed by atoms with Crippen molar-refractivity contribution in [3.63, 3.8) is 0 Å². The Morgan fingerprint density at radius 2 is 1.03 bits per heavy atom. The van der Waals surface area contributed by atoms with Crippen LogP contribution in [0.2, 0.25) is 0 Å². The summed E-state index contributed by atoms with van der Waals surface area (Å²) in [6, 6.07) is 24.3. The zero-order chi connectivity index (χ0) is 24.7. The first-order valence-electron chi connectivity index (χ1n) is 12.5. The summed E-state index contributed by atoms with van der Waals surface area (Å²) in [5, 5.41) is 0. The van der Waals surface area contributed by atoms with Gasteiger partial charge in [-0.1, -0.05) is 85.0 Å². The van der Waals surface area contributed by atoms with E-state index in [1.807, 2.05) is 55.5 Å². The van der Waals surface area contributed by atoms with E-state index in [4.69, 9.17) is 4.74 Å². The van der Waals surface area contributed by atoms with E-state index in [2.05, 4.69) is 67.6 Å². The van der Waals surface area contributed by atoms with Gasteiger partial charge in [-0.25, -0.2) is 4.79 Å². The van der Waals surface area contributed by atoms with Crippen LogP contribution < -0.4 is 4.74 Å². The van der Waals surface area contributed by atoms with Crippen molar-refractivity contribution in [2.45, 2.75) is 52.4 Å². The monoisotopic (exact) mass is 464 g/mol. The van der Waals surface area contributed by atoms with Gasteiger partial charge in [0, 0.05) is 0 Å². The Balaban J connectivity index is 1.43. The fourth-order valence-electron chi connectivity index (χ4n) is 3.78. The molecule has 0 aliphatic heterocycles. The number of benzene rings is 3. The Hall–Kier alpha value is -3.65. The maximum absolute atomic E-state index is 12.5. The molecule has 0 aromatic heterocycles. The van der Waals surface area contributed by atoms with Gasteiger partial charge in [-0.05, 0) is 98.9 Å². The second-order valence-electron chi connectivity index (χ2n) is 8.64. The molecule has 0 N–H and O–H groups in total. The zero-order valence-electron chi connectivity index (χ0n) is 21.0. The van der Waals surface area contributed by atoms with Crippen LogP contribution >= 0.6 is 0 Å². The van der Waals surface area contributed by atoms with Crippen molar-refractivity contribution in [1.29, 1.82) is 0 Å². The normalized spacial score (nSPS) is 11.6. The number of ether oxygens (including phenoxy) is 1. The molecule has 180 valence electrons. The van der Waals surface area contributed by atoms with Crippen LogP contribution in [0.25, 0.3) is 0 Å². The molecule has 3 aromatic carbocycles. The summed E-state index contributed by atoms with van der Waals surface area (Å²) < 4.78 is 5.55. The van der Waals surface area contributed by atoms with E-state index >= 15 is 0 Å². The van der Waals surface area contributed by atoms with E-state index in [-0.39, 0.29) is 5.97 Å². The molecule has 35 heavy (non-hydrogen) atoms. The van der Waals surface area contributed by atoms with Gasteiger partial charge < -0.3 is 4.74 Å². The van der Waals surface area contributed by atoms with E-state index in [0.717, 1.165) is 38.5 Å². The van der Waals surface area contributed by atoms with Crippen LogP contribution in [-0.4, -0.2) is 5.97 Å². The summed E-state index contributed by atoms with van der Waals surface area (Å²) in [6.45, 7) is 4.09. The quantitative estimate of drug-likeness (QED) is 0.153. The topological polar surface area (TPSA) is 26.3 Å². The number of carbonyl (C=O) groups excluding carboxylic acids is 1. The highest BCUT2D eigenvalue weighted by atomic mass is 16.5. The molecule has 0 saturated carbocycles. The largest absolute Gasteiger partial charge is 0.423 e. The first kappa shape index (κ1) is 26.0. The maximum atomic E-state index is 12.5. The third-order valence-electron chi connectivity index (χ3n) is 5.89. The van der Waals surface area contributed by atoms with Gasteiger partial charge in [-0.3, -0.25) is 0 Å². The van der Waals surface area contributed by atoms with Crippen molar-refractivity contribution in [1.82, 2.24) is 0 Å². The summed E-state index contributed by atoms with van der Waals surface area (Å²) >= 11 is 0.